The van der Waals surface area contributed by atoms with E-state index >= 15 is 0 Å². The standard InChI is InChI=1S/C21H18N2O4S/c1-12-18(13-7-9-15(26-2)10-8-13)22-21(28-12)23-19(24)17-11-14-5-3-4-6-16(14)20(25)27-17/h3-10,17H,11H2,1-2H3,(H,22,23,24)/t17-/m0/s1. The molecule has 0 saturated carbocycles. The summed E-state index contributed by atoms with van der Waals surface area (Å²) in [7, 11) is 1.62. The summed E-state index contributed by atoms with van der Waals surface area (Å²) in [5.74, 6) is -0.0846. The molecule has 3 aromatic rings. The number of ether oxygens (including phenoxy) is 2. The Morgan fingerprint density at radius 2 is 1.96 bits per heavy atom. The summed E-state index contributed by atoms with van der Waals surface area (Å²) >= 11 is 1.38. The molecule has 2 heterocycles. The molecule has 6 nitrogen and oxygen atoms in total. The van der Waals surface area contributed by atoms with E-state index in [9.17, 15) is 9.59 Å². The Morgan fingerprint density at radius 1 is 1.21 bits per heavy atom. The lowest BCUT2D eigenvalue weighted by Crippen LogP contribution is -2.37. The van der Waals surface area contributed by atoms with Gasteiger partial charge in [-0.15, -0.1) is 11.3 Å². The number of hydrogen-bond acceptors (Lipinski definition) is 6. The molecule has 0 saturated heterocycles. The van der Waals surface area contributed by atoms with Crippen LogP contribution in [0, 0.1) is 6.92 Å². The van der Waals surface area contributed by atoms with Crippen molar-refractivity contribution in [3.63, 3.8) is 0 Å². The van der Waals surface area contributed by atoms with Crippen LogP contribution in [-0.4, -0.2) is 30.1 Å². The van der Waals surface area contributed by atoms with Crippen molar-refractivity contribution < 1.29 is 19.1 Å². The summed E-state index contributed by atoms with van der Waals surface area (Å²) in [5, 5.41) is 3.26. The highest BCUT2D eigenvalue weighted by molar-refractivity contribution is 7.16. The number of esters is 1. The lowest BCUT2D eigenvalue weighted by molar-refractivity contribution is -0.125. The van der Waals surface area contributed by atoms with E-state index < -0.39 is 12.1 Å². The molecular formula is C21H18N2O4S. The number of rotatable bonds is 4. The van der Waals surface area contributed by atoms with Crippen LogP contribution in [0.1, 0.15) is 20.8 Å². The van der Waals surface area contributed by atoms with Crippen LogP contribution in [0.2, 0.25) is 0 Å². The van der Waals surface area contributed by atoms with E-state index in [1.807, 2.05) is 43.3 Å². The molecule has 4 rings (SSSR count). The summed E-state index contributed by atoms with van der Waals surface area (Å²) in [6, 6.07) is 14.7. The van der Waals surface area contributed by atoms with Crippen molar-refractivity contribution in [2.24, 2.45) is 0 Å². The van der Waals surface area contributed by atoms with Crippen molar-refractivity contribution in [2.75, 3.05) is 12.4 Å². The van der Waals surface area contributed by atoms with Crippen LogP contribution in [0.5, 0.6) is 5.75 Å². The molecule has 1 atom stereocenters. The number of methoxy groups -OCH3 is 1. The maximum atomic E-state index is 12.6. The van der Waals surface area contributed by atoms with E-state index in [2.05, 4.69) is 10.3 Å². The molecule has 0 fully saturated rings. The van der Waals surface area contributed by atoms with Crippen LogP contribution in [0.15, 0.2) is 48.5 Å². The molecule has 1 aliphatic rings. The van der Waals surface area contributed by atoms with Gasteiger partial charge in [-0.1, -0.05) is 18.2 Å². The van der Waals surface area contributed by atoms with Gasteiger partial charge < -0.3 is 9.47 Å². The quantitative estimate of drug-likeness (QED) is 0.680. The Hall–Kier alpha value is -3.19. The van der Waals surface area contributed by atoms with Crippen LogP contribution in [0.3, 0.4) is 0 Å². The van der Waals surface area contributed by atoms with Crippen LogP contribution >= 0.6 is 11.3 Å². The second kappa shape index (κ2) is 7.44. The number of fused-ring (bicyclic) bond motifs is 1. The minimum atomic E-state index is -0.865. The fraction of sp³-hybridized carbons (Fsp3) is 0.190. The molecule has 142 valence electrons. The number of anilines is 1. The smallest absolute Gasteiger partial charge is 0.339 e. The highest BCUT2D eigenvalue weighted by Gasteiger charge is 2.31. The predicted molar refractivity (Wildman–Crippen MR) is 107 cm³/mol. The monoisotopic (exact) mass is 394 g/mol. The summed E-state index contributed by atoms with van der Waals surface area (Å²) in [6.45, 7) is 1.95. The Labute approximate surface area is 166 Å². The largest absolute Gasteiger partial charge is 0.497 e. The number of benzene rings is 2. The second-order valence-electron chi connectivity index (χ2n) is 6.40. The Bertz CT molecular complexity index is 1040. The van der Waals surface area contributed by atoms with Crippen molar-refractivity contribution in [1.29, 1.82) is 0 Å². The number of nitrogens with one attached hydrogen (secondary N) is 1. The second-order valence-corrected chi connectivity index (χ2v) is 7.60. The molecule has 0 radical (unpaired) electrons. The molecule has 7 heteroatoms. The van der Waals surface area contributed by atoms with Gasteiger partial charge in [0, 0.05) is 16.9 Å². The van der Waals surface area contributed by atoms with Gasteiger partial charge in [-0.3, -0.25) is 10.1 Å². The molecule has 0 bridgehead atoms. The van der Waals surface area contributed by atoms with Gasteiger partial charge in [-0.25, -0.2) is 9.78 Å². The fourth-order valence-electron chi connectivity index (χ4n) is 3.13. The van der Waals surface area contributed by atoms with Crippen molar-refractivity contribution >= 4 is 28.3 Å². The molecule has 0 aliphatic carbocycles. The SMILES string of the molecule is COc1ccc(-c2nc(NC(=O)[C@@H]3Cc4ccccc4C(=O)O3)sc2C)cc1. The number of cyclic esters (lactones) is 1. The zero-order chi connectivity index (χ0) is 19.7. The number of nitrogens with zero attached hydrogens (tertiary/aromatic N) is 1. The third-order valence-electron chi connectivity index (χ3n) is 4.57. The third-order valence-corrected chi connectivity index (χ3v) is 5.46. The maximum Gasteiger partial charge on any atom is 0.339 e. The maximum absolute atomic E-state index is 12.6. The number of amides is 1. The fourth-order valence-corrected chi connectivity index (χ4v) is 3.97. The molecule has 1 aromatic heterocycles. The van der Waals surface area contributed by atoms with E-state index in [1.54, 1.807) is 19.2 Å². The first kappa shape index (κ1) is 18.2. The first-order valence-corrected chi connectivity index (χ1v) is 9.58. The molecule has 28 heavy (non-hydrogen) atoms. The van der Waals surface area contributed by atoms with Gasteiger partial charge in [-0.05, 0) is 42.8 Å². The number of carbonyl (C=O) groups excluding carboxylic acids is 2. The van der Waals surface area contributed by atoms with Crippen molar-refractivity contribution in [3.05, 3.63) is 64.5 Å². The molecule has 0 spiro atoms. The number of thiazole rings is 1. The molecule has 1 N–H and O–H groups in total. The van der Waals surface area contributed by atoms with Crippen molar-refractivity contribution in [3.8, 4) is 17.0 Å². The van der Waals surface area contributed by atoms with Crippen LogP contribution in [0.25, 0.3) is 11.3 Å². The third kappa shape index (κ3) is 3.48. The molecule has 2 aromatic carbocycles. The Kier molecular flexibility index (Phi) is 4.83. The van der Waals surface area contributed by atoms with Gasteiger partial charge in [0.15, 0.2) is 11.2 Å². The highest BCUT2D eigenvalue weighted by atomic mass is 32.1. The topological polar surface area (TPSA) is 77.5 Å². The molecule has 1 amide bonds. The summed E-state index contributed by atoms with van der Waals surface area (Å²) < 4.78 is 10.5. The number of carbonyl (C=O) groups is 2. The number of aryl methyl sites for hydroxylation is 1. The van der Waals surface area contributed by atoms with E-state index in [1.165, 1.54) is 11.3 Å². The minimum absolute atomic E-state index is 0.351. The van der Waals surface area contributed by atoms with Gasteiger partial charge >= 0.3 is 5.97 Å². The molecule has 0 unspecified atom stereocenters. The van der Waals surface area contributed by atoms with Crippen molar-refractivity contribution in [1.82, 2.24) is 4.98 Å². The zero-order valence-corrected chi connectivity index (χ0v) is 16.2. The average molecular weight is 394 g/mol. The molecule has 1 aliphatic heterocycles. The van der Waals surface area contributed by atoms with E-state index in [-0.39, 0.29) is 5.91 Å². The minimum Gasteiger partial charge on any atom is -0.497 e. The lowest BCUT2D eigenvalue weighted by atomic mass is 9.98. The summed E-state index contributed by atoms with van der Waals surface area (Å²) in [6.07, 6.45) is -0.514. The predicted octanol–water partition coefficient (Wildman–Crippen LogP) is 3.85. The van der Waals surface area contributed by atoms with E-state index in [0.717, 1.165) is 27.4 Å². The van der Waals surface area contributed by atoms with Gasteiger partial charge in [0.2, 0.25) is 0 Å². The van der Waals surface area contributed by atoms with Gasteiger partial charge in [0.25, 0.3) is 5.91 Å². The normalized spacial score (nSPS) is 15.5. The van der Waals surface area contributed by atoms with Gasteiger partial charge in [-0.2, -0.15) is 0 Å². The Balaban J connectivity index is 1.50. The van der Waals surface area contributed by atoms with Crippen LogP contribution in [0.4, 0.5) is 5.13 Å². The summed E-state index contributed by atoms with van der Waals surface area (Å²) in [4.78, 5) is 30.3. The number of hydrogen-bond donors (Lipinski definition) is 1. The average Bonchev–Trinajstić information content (AvgIpc) is 3.08. The molecular weight excluding hydrogens is 376 g/mol. The van der Waals surface area contributed by atoms with Gasteiger partial charge in [0.05, 0.1) is 18.4 Å². The van der Waals surface area contributed by atoms with E-state index in [0.29, 0.717) is 17.1 Å². The highest BCUT2D eigenvalue weighted by Crippen LogP contribution is 2.31. The Morgan fingerprint density at radius 3 is 2.71 bits per heavy atom. The first-order chi connectivity index (χ1) is 13.5. The van der Waals surface area contributed by atoms with Gasteiger partial charge in [0.1, 0.15) is 5.75 Å². The van der Waals surface area contributed by atoms with Crippen molar-refractivity contribution in [2.45, 2.75) is 19.4 Å². The van der Waals surface area contributed by atoms with Crippen LogP contribution < -0.4 is 10.1 Å². The van der Waals surface area contributed by atoms with E-state index in [4.69, 9.17) is 9.47 Å². The summed E-state index contributed by atoms with van der Waals surface area (Å²) in [5.41, 5.74) is 3.06. The first-order valence-electron chi connectivity index (χ1n) is 8.77. The number of aromatic nitrogens is 1. The zero-order valence-electron chi connectivity index (χ0n) is 15.4. The lowest BCUT2D eigenvalue weighted by Gasteiger charge is -2.23. The van der Waals surface area contributed by atoms with Crippen LogP contribution in [-0.2, 0) is 16.0 Å².